The van der Waals surface area contributed by atoms with Crippen molar-refractivity contribution in [2.45, 2.75) is 110 Å². The van der Waals surface area contributed by atoms with Crippen LogP contribution in [0, 0.1) is 18.8 Å². The van der Waals surface area contributed by atoms with Crippen molar-refractivity contribution >= 4 is 35.0 Å². The number of aryl methyl sites for hydroxylation is 2. The summed E-state index contributed by atoms with van der Waals surface area (Å²) >= 11 is 1.58. The molecule has 1 aliphatic rings. The average Bonchev–Trinajstić information content (AvgIpc) is 3.89. The molecule has 2 heterocycles. The van der Waals surface area contributed by atoms with Crippen molar-refractivity contribution in [1.29, 1.82) is 0 Å². The minimum atomic E-state index is -0.892. The monoisotopic (exact) mass is 882 g/mol. The molecule has 0 unspecified atom stereocenters. The number of carbonyl (C=O) groups excluding carboxylic acids is 4. The molecule has 1 aromatic heterocycles. The highest BCUT2D eigenvalue weighted by atomic mass is 32.1. The first kappa shape index (κ1) is 48.6. The fourth-order valence-electron chi connectivity index (χ4n) is 7.65. The Morgan fingerprint density at radius 2 is 1.65 bits per heavy atom. The minimum absolute atomic E-state index is 0.00781. The summed E-state index contributed by atoms with van der Waals surface area (Å²) in [6.07, 6.45) is 6.10. The third-order valence-corrected chi connectivity index (χ3v) is 12.2. The highest BCUT2D eigenvalue weighted by Gasteiger charge is 2.44. The first-order chi connectivity index (χ1) is 30.2. The SMILES string of the molecule is COc1ccc(CC[CH]c2ccccc2OCC(=O)NCCCCCCC(=O)N[C@H](C(=O)N2C[C@H](O)C[C@H]2C(=O)N[C@@H](C)c2ccc(-c3scnc3C)cc2)C(C)(C)C)cc1OC. The Morgan fingerprint density at radius 3 is 2.35 bits per heavy atom. The Bertz CT molecular complexity index is 2130. The zero-order valence-corrected chi connectivity index (χ0v) is 38.5. The van der Waals surface area contributed by atoms with Crippen molar-refractivity contribution < 1.29 is 38.5 Å². The van der Waals surface area contributed by atoms with Gasteiger partial charge in [-0.1, -0.05) is 82.1 Å². The van der Waals surface area contributed by atoms with E-state index in [1.54, 1.807) is 25.6 Å². The topological polar surface area (TPSA) is 168 Å². The molecule has 1 aliphatic heterocycles. The van der Waals surface area contributed by atoms with Crippen LogP contribution in [0.2, 0.25) is 0 Å². The molecule has 63 heavy (non-hydrogen) atoms. The number of likely N-dealkylation sites (tertiary alicyclic amines) is 1. The quantitative estimate of drug-likeness (QED) is 0.0600. The number of methoxy groups -OCH3 is 2. The predicted octanol–water partition coefficient (Wildman–Crippen LogP) is 7.14. The molecular formula is C49H64N5O8S. The Morgan fingerprint density at radius 1 is 0.921 bits per heavy atom. The molecule has 1 saturated heterocycles. The van der Waals surface area contributed by atoms with Crippen LogP contribution in [0.3, 0.4) is 0 Å². The number of carbonyl (C=O) groups is 4. The van der Waals surface area contributed by atoms with Crippen molar-refractivity contribution in [2.24, 2.45) is 5.41 Å². The minimum Gasteiger partial charge on any atom is -0.493 e. The van der Waals surface area contributed by atoms with Gasteiger partial charge in [-0.05, 0) is 91.8 Å². The number of aromatic nitrogens is 1. The van der Waals surface area contributed by atoms with Crippen molar-refractivity contribution in [2.75, 3.05) is 33.9 Å². The summed E-state index contributed by atoms with van der Waals surface area (Å²) in [6.45, 7) is 9.87. The van der Waals surface area contributed by atoms with E-state index >= 15 is 0 Å². The summed E-state index contributed by atoms with van der Waals surface area (Å²) in [4.78, 5) is 60.3. The zero-order chi connectivity index (χ0) is 45.5. The Balaban J connectivity index is 0.999. The van der Waals surface area contributed by atoms with Crippen LogP contribution in [0.5, 0.6) is 17.2 Å². The Labute approximate surface area is 376 Å². The molecule has 13 nitrogen and oxygen atoms in total. The maximum atomic E-state index is 14.1. The second-order valence-corrected chi connectivity index (χ2v) is 18.0. The van der Waals surface area contributed by atoms with Crippen LogP contribution in [0.15, 0.2) is 72.2 Å². The third kappa shape index (κ3) is 14.0. The van der Waals surface area contributed by atoms with E-state index in [1.807, 2.05) is 107 Å². The lowest BCUT2D eigenvalue weighted by Crippen LogP contribution is -2.57. The van der Waals surface area contributed by atoms with Crippen molar-refractivity contribution in [1.82, 2.24) is 25.8 Å². The van der Waals surface area contributed by atoms with Gasteiger partial charge in [-0.15, -0.1) is 11.3 Å². The number of thiazole rings is 1. The summed E-state index contributed by atoms with van der Waals surface area (Å²) in [5.74, 6) is 0.823. The van der Waals surface area contributed by atoms with Crippen LogP contribution < -0.4 is 30.2 Å². The predicted molar refractivity (Wildman–Crippen MR) is 246 cm³/mol. The summed E-state index contributed by atoms with van der Waals surface area (Å²) in [7, 11) is 3.23. The fourth-order valence-corrected chi connectivity index (χ4v) is 8.46. The van der Waals surface area contributed by atoms with Gasteiger partial charge in [-0.3, -0.25) is 19.2 Å². The smallest absolute Gasteiger partial charge is 0.257 e. The van der Waals surface area contributed by atoms with Crippen LogP contribution in [0.25, 0.3) is 10.4 Å². The average molecular weight is 883 g/mol. The number of nitrogens with zero attached hydrogens (tertiary/aromatic N) is 2. The van der Waals surface area contributed by atoms with Crippen LogP contribution in [0.4, 0.5) is 0 Å². The van der Waals surface area contributed by atoms with Gasteiger partial charge in [0.25, 0.3) is 5.91 Å². The molecule has 14 heteroatoms. The number of rotatable bonds is 22. The molecule has 1 radical (unpaired) electrons. The van der Waals surface area contributed by atoms with Gasteiger partial charge in [-0.2, -0.15) is 0 Å². The second kappa shape index (κ2) is 23.3. The van der Waals surface area contributed by atoms with E-state index in [4.69, 9.17) is 14.2 Å². The second-order valence-electron chi connectivity index (χ2n) is 17.2. The van der Waals surface area contributed by atoms with Gasteiger partial charge in [0.05, 0.1) is 42.4 Å². The molecule has 0 aliphatic carbocycles. The standard InChI is InChI=1S/C49H64N5O8S/c1-32(35-21-23-37(24-22-35)45-33(2)51-31-63-45)52-47(58)39-28-38(55)29-54(39)48(59)46(49(3,4)5)53-43(56)19-10-8-9-13-26-50-44(57)30-62-40-18-12-11-16-36(40)17-14-15-34-20-25-41(60-6)42(27-34)61-7/h11-12,16-18,20-25,27,31-32,38-39,46,55H,8-10,13-15,19,26,28-30H2,1-7H3,(H,50,57)(H,52,58)(H,53,56)/t32-,38+,39-,46+/m0/s1. The summed E-state index contributed by atoms with van der Waals surface area (Å²) in [5, 5.41) is 19.5. The number of para-hydroxylation sites is 1. The van der Waals surface area contributed by atoms with E-state index in [0.29, 0.717) is 30.2 Å². The summed E-state index contributed by atoms with van der Waals surface area (Å²) < 4.78 is 16.6. The maximum absolute atomic E-state index is 14.1. The van der Waals surface area contributed by atoms with E-state index in [-0.39, 0.29) is 49.8 Å². The van der Waals surface area contributed by atoms with E-state index in [1.165, 1.54) is 4.90 Å². The van der Waals surface area contributed by atoms with Crippen molar-refractivity contribution in [3.63, 3.8) is 0 Å². The van der Waals surface area contributed by atoms with Crippen LogP contribution >= 0.6 is 11.3 Å². The Kier molecular flexibility index (Phi) is 17.9. The van der Waals surface area contributed by atoms with Crippen molar-refractivity contribution in [3.8, 4) is 27.7 Å². The molecule has 339 valence electrons. The first-order valence-electron chi connectivity index (χ1n) is 21.8. The lowest BCUT2D eigenvalue weighted by atomic mass is 9.85. The number of ether oxygens (including phenoxy) is 3. The van der Waals surface area contributed by atoms with E-state index in [2.05, 4.69) is 27.4 Å². The first-order valence-corrected chi connectivity index (χ1v) is 22.7. The molecular weight excluding hydrogens is 819 g/mol. The third-order valence-electron chi connectivity index (χ3n) is 11.2. The molecule has 3 aromatic carbocycles. The number of aliphatic hydroxyl groups excluding tert-OH is 1. The molecule has 0 saturated carbocycles. The molecule has 4 N–H and O–H groups in total. The molecule has 5 rings (SSSR count). The molecule has 1 fully saturated rings. The molecule has 0 spiro atoms. The number of amides is 4. The summed E-state index contributed by atoms with van der Waals surface area (Å²) in [6, 6.07) is 19.4. The van der Waals surface area contributed by atoms with E-state index in [9.17, 15) is 24.3 Å². The van der Waals surface area contributed by atoms with Gasteiger partial charge in [0.15, 0.2) is 18.1 Å². The number of β-amino-alcohol motifs (C(OH)–C–C–N with tert-alkyl or cyclic N) is 1. The van der Waals surface area contributed by atoms with Crippen molar-refractivity contribution in [3.05, 3.63) is 101 Å². The lowest BCUT2D eigenvalue weighted by Gasteiger charge is -2.35. The molecule has 4 aromatic rings. The largest absolute Gasteiger partial charge is 0.493 e. The van der Waals surface area contributed by atoms with Crippen LogP contribution in [-0.2, 0) is 25.6 Å². The fraction of sp³-hybridized carbons (Fsp3) is 0.469. The number of hydrogen-bond donors (Lipinski definition) is 4. The van der Waals surface area contributed by atoms with Gasteiger partial charge >= 0.3 is 0 Å². The number of hydrogen-bond acceptors (Lipinski definition) is 10. The van der Waals surface area contributed by atoms with E-state index < -0.39 is 29.5 Å². The van der Waals surface area contributed by atoms with Crippen LogP contribution in [-0.4, -0.2) is 90.7 Å². The normalized spacial score (nSPS) is 15.9. The van der Waals surface area contributed by atoms with Gasteiger partial charge in [0, 0.05) is 25.9 Å². The summed E-state index contributed by atoms with van der Waals surface area (Å²) in [5.41, 5.74) is 6.14. The zero-order valence-electron chi connectivity index (χ0n) is 37.7. The van der Waals surface area contributed by atoms with Gasteiger partial charge < -0.3 is 40.2 Å². The molecule has 4 atom stereocenters. The van der Waals surface area contributed by atoms with Gasteiger partial charge in [0.1, 0.15) is 17.8 Å². The van der Waals surface area contributed by atoms with Gasteiger partial charge in [-0.25, -0.2) is 4.98 Å². The maximum Gasteiger partial charge on any atom is 0.257 e. The number of benzene rings is 3. The van der Waals surface area contributed by atoms with Gasteiger partial charge in [0.2, 0.25) is 17.7 Å². The number of aliphatic hydroxyl groups is 1. The molecule has 0 bridgehead atoms. The highest BCUT2D eigenvalue weighted by Crippen LogP contribution is 2.31. The highest BCUT2D eigenvalue weighted by molar-refractivity contribution is 7.13. The molecule has 4 amide bonds. The van der Waals surface area contributed by atoms with Crippen LogP contribution in [0.1, 0.15) is 101 Å². The lowest BCUT2D eigenvalue weighted by molar-refractivity contribution is -0.144. The van der Waals surface area contributed by atoms with E-state index in [0.717, 1.165) is 64.9 Å². The Hall–Kier alpha value is -5.47. The number of nitrogens with one attached hydrogen (secondary N) is 3. The number of unbranched alkanes of at least 4 members (excludes halogenated alkanes) is 3.